The van der Waals surface area contributed by atoms with E-state index < -0.39 is 0 Å². The predicted octanol–water partition coefficient (Wildman–Crippen LogP) is 3.59. The first-order valence-corrected chi connectivity index (χ1v) is 10.6. The number of hydrogen-bond acceptors (Lipinski definition) is 3. The second-order valence-electron chi connectivity index (χ2n) is 7.91. The van der Waals surface area contributed by atoms with Crippen LogP contribution in [0.1, 0.15) is 49.4 Å². The van der Waals surface area contributed by atoms with E-state index in [4.69, 9.17) is 16.7 Å². The molecule has 1 aromatic heterocycles. The van der Waals surface area contributed by atoms with Gasteiger partial charge in [0.15, 0.2) is 0 Å². The van der Waals surface area contributed by atoms with Gasteiger partial charge in [-0.05, 0) is 43.0 Å². The van der Waals surface area contributed by atoms with Gasteiger partial charge in [0.1, 0.15) is 0 Å². The average molecular weight is 417 g/mol. The summed E-state index contributed by atoms with van der Waals surface area (Å²) in [6.45, 7) is 10.1. The third kappa shape index (κ3) is 4.64. The summed E-state index contributed by atoms with van der Waals surface area (Å²) in [5.74, 6) is 0.456. The van der Waals surface area contributed by atoms with Gasteiger partial charge in [0.25, 0.3) is 5.91 Å². The second kappa shape index (κ2) is 8.99. The van der Waals surface area contributed by atoms with Gasteiger partial charge in [0.05, 0.1) is 22.6 Å². The summed E-state index contributed by atoms with van der Waals surface area (Å²) in [7, 11) is 0. The van der Waals surface area contributed by atoms with Gasteiger partial charge < -0.3 is 9.80 Å². The number of carbonyl (C=O) groups is 2. The van der Waals surface area contributed by atoms with Crippen LogP contribution in [0, 0.1) is 5.92 Å². The molecule has 156 valence electrons. The molecule has 2 aromatic rings. The van der Waals surface area contributed by atoms with E-state index in [0.717, 1.165) is 23.5 Å². The summed E-state index contributed by atoms with van der Waals surface area (Å²) in [4.78, 5) is 28.8. The van der Waals surface area contributed by atoms with Gasteiger partial charge in [-0.2, -0.15) is 5.10 Å². The Hall–Kier alpha value is -2.34. The first kappa shape index (κ1) is 21.4. The van der Waals surface area contributed by atoms with Gasteiger partial charge in [0.2, 0.25) is 5.91 Å². The van der Waals surface area contributed by atoms with Crippen molar-refractivity contribution in [2.24, 2.45) is 5.92 Å². The minimum absolute atomic E-state index is 0.0147. The van der Waals surface area contributed by atoms with Crippen LogP contribution >= 0.6 is 11.6 Å². The van der Waals surface area contributed by atoms with Crippen molar-refractivity contribution in [3.05, 3.63) is 46.2 Å². The molecule has 1 fully saturated rings. The number of benzene rings is 1. The molecule has 0 spiro atoms. The van der Waals surface area contributed by atoms with Crippen LogP contribution in [0.5, 0.6) is 0 Å². The normalized spacial score (nSPS) is 14.6. The molecule has 0 bridgehead atoms. The quantitative estimate of drug-likeness (QED) is 0.748. The molecule has 2 amide bonds. The van der Waals surface area contributed by atoms with Gasteiger partial charge in [0, 0.05) is 38.1 Å². The first-order valence-electron chi connectivity index (χ1n) is 10.2. The number of nitrogens with zero attached hydrogens (tertiary/aromatic N) is 4. The molecular formula is C22H29ClN4O2. The molecule has 0 unspecified atom stereocenters. The summed E-state index contributed by atoms with van der Waals surface area (Å²) >= 11 is 6.05. The van der Waals surface area contributed by atoms with Crippen molar-refractivity contribution in [2.75, 3.05) is 26.2 Å². The molecule has 7 heteroatoms. The van der Waals surface area contributed by atoms with Crippen molar-refractivity contribution >= 4 is 23.4 Å². The zero-order valence-electron chi connectivity index (χ0n) is 17.6. The van der Waals surface area contributed by atoms with Gasteiger partial charge in [-0.15, -0.1) is 0 Å². The maximum Gasteiger partial charge on any atom is 0.257 e. The van der Waals surface area contributed by atoms with Crippen LogP contribution in [0.2, 0.25) is 5.02 Å². The fraction of sp³-hybridized carbons (Fsp3) is 0.500. The van der Waals surface area contributed by atoms with E-state index in [2.05, 4.69) is 13.8 Å². The smallest absolute Gasteiger partial charge is 0.257 e. The van der Waals surface area contributed by atoms with E-state index >= 15 is 0 Å². The number of amides is 2. The van der Waals surface area contributed by atoms with Gasteiger partial charge in [-0.3, -0.25) is 9.59 Å². The van der Waals surface area contributed by atoms with Crippen molar-refractivity contribution in [1.82, 2.24) is 19.6 Å². The van der Waals surface area contributed by atoms with E-state index in [1.54, 1.807) is 11.8 Å². The summed E-state index contributed by atoms with van der Waals surface area (Å²) in [6.07, 6.45) is 1.43. The fourth-order valence-corrected chi connectivity index (χ4v) is 3.91. The Morgan fingerprint density at radius 1 is 1.07 bits per heavy atom. The molecule has 0 aliphatic carbocycles. The molecule has 1 saturated heterocycles. The lowest BCUT2D eigenvalue weighted by Gasteiger charge is -2.34. The van der Waals surface area contributed by atoms with Crippen molar-refractivity contribution < 1.29 is 9.59 Å². The number of hydrogen-bond donors (Lipinski definition) is 0. The van der Waals surface area contributed by atoms with Crippen LogP contribution < -0.4 is 0 Å². The summed E-state index contributed by atoms with van der Waals surface area (Å²) in [5, 5.41) is 5.51. The zero-order chi connectivity index (χ0) is 21.1. The highest BCUT2D eigenvalue weighted by Crippen LogP contribution is 2.25. The molecule has 0 radical (unpaired) electrons. The van der Waals surface area contributed by atoms with E-state index in [9.17, 15) is 9.59 Å². The number of halogens is 1. The molecule has 0 N–H and O–H groups in total. The second-order valence-corrected chi connectivity index (χ2v) is 8.34. The topological polar surface area (TPSA) is 58.4 Å². The van der Waals surface area contributed by atoms with Gasteiger partial charge in [-0.1, -0.05) is 32.4 Å². The highest BCUT2D eigenvalue weighted by atomic mass is 35.5. The molecule has 0 saturated carbocycles. The molecule has 29 heavy (non-hydrogen) atoms. The number of piperazine rings is 1. The Balaban J connectivity index is 1.98. The van der Waals surface area contributed by atoms with Crippen LogP contribution in [0.15, 0.2) is 24.3 Å². The Morgan fingerprint density at radius 3 is 2.17 bits per heavy atom. The van der Waals surface area contributed by atoms with Crippen LogP contribution in [-0.2, 0) is 17.6 Å². The lowest BCUT2D eigenvalue weighted by atomic mass is 10.0. The molecule has 6 nitrogen and oxygen atoms in total. The lowest BCUT2D eigenvalue weighted by Crippen LogP contribution is -2.50. The lowest BCUT2D eigenvalue weighted by molar-refractivity contribution is -0.130. The van der Waals surface area contributed by atoms with Crippen molar-refractivity contribution in [3.63, 3.8) is 0 Å². The van der Waals surface area contributed by atoms with Gasteiger partial charge in [-0.25, -0.2) is 4.68 Å². The van der Waals surface area contributed by atoms with Crippen molar-refractivity contribution in [2.45, 2.75) is 40.5 Å². The standard InChI is InChI=1S/C22H29ClN4O2/c1-5-20-21(22(29)26-12-10-25(11-13-26)16(4)28)19(14-15(2)3)24-27(20)18-8-6-17(23)7-9-18/h6-9,15H,5,10-14H2,1-4H3. The largest absolute Gasteiger partial charge is 0.339 e. The maximum atomic E-state index is 13.5. The monoisotopic (exact) mass is 416 g/mol. The summed E-state index contributed by atoms with van der Waals surface area (Å²) in [6, 6.07) is 7.52. The summed E-state index contributed by atoms with van der Waals surface area (Å²) in [5.41, 5.74) is 3.37. The molecule has 0 atom stereocenters. The van der Waals surface area contributed by atoms with Crippen molar-refractivity contribution in [1.29, 1.82) is 0 Å². The molecule has 2 heterocycles. The Morgan fingerprint density at radius 2 is 1.66 bits per heavy atom. The third-order valence-electron chi connectivity index (χ3n) is 5.29. The van der Waals surface area contributed by atoms with Gasteiger partial charge >= 0.3 is 0 Å². The molecular weight excluding hydrogens is 388 g/mol. The van der Waals surface area contributed by atoms with Crippen molar-refractivity contribution in [3.8, 4) is 5.69 Å². The van der Waals surface area contributed by atoms with Crippen LogP contribution in [-0.4, -0.2) is 57.6 Å². The SMILES string of the molecule is CCc1c(C(=O)N2CCN(C(C)=O)CC2)c(CC(C)C)nn1-c1ccc(Cl)cc1. The Bertz CT molecular complexity index is 881. The maximum absolute atomic E-state index is 13.5. The number of carbonyl (C=O) groups excluding carboxylic acids is 2. The highest BCUT2D eigenvalue weighted by molar-refractivity contribution is 6.30. The first-order chi connectivity index (χ1) is 13.8. The van der Waals surface area contributed by atoms with Crippen LogP contribution in [0.25, 0.3) is 5.69 Å². The predicted molar refractivity (Wildman–Crippen MR) is 115 cm³/mol. The van der Waals surface area contributed by atoms with E-state index in [0.29, 0.717) is 49.1 Å². The minimum atomic E-state index is 0.0147. The average Bonchev–Trinajstić information content (AvgIpc) is 3.05. The van der Waals surface area contributed by atoms with Crippen LogP contribution in [0.3, 0.4) is 0 Å². The fourth-order valence-electron chi connectivity index (χ4n) is 3.78. The van der Waals surface area contributed by atoms with E-state index in [-0.39, 0.29) is 11.8 Å². The Labute approximate surface area is 177 Å². The number of rotatable bonds is 5. The third-order valence-corrected chi connectivity index (χ3v) is 5.54. The molecule has 3 rings (SSSR count). The van der Waals surface area contributed by atoms with E-state index in [1.807, 2.05) is 40.8 Å². The van der Waals surface area contributed by atoms with E-state index in [1.165, 1.54) is 0 Å². The highest BCUT2D eigenvalue weighted by Gasteiger charge is 2.30. The minimum Gasteiger partial charge on any atom is -0.339 e. The number of aromatic nitrogens is 2. The molecule has 1 aromatic carbocycles. The van der Waals surface area contributed by atoms with Crippen LogP contribution in [0.4, 0.5) is 0 Å². The molecule has 1 aliphatic rings. The Kier molecular flexibility index (Phi) is 6.63. The summed E-state index contributed by atoms with van der Waals surface area (Å²) < 4.78 is 1.88. The molecule has 1 aliphatic heterocycles. The zero-order valence-corrected chi connectivity index (χ0v) is 18.4.